The number of sulfone groups is 1. The van der Waals surface area contributed by atoms with Crippen molar-refractivity contribution >= 4 is 9.84 Å². The molecule has 0 N–H and O–H groups in total. The van der Waals surface area contributed by atoms with Crippen molar-refractivity contribution in [2.45, 2.75) is 24.0 Å². The minimum Gasteiger partial charge on any atom is -0.244 e. The third-order valence-corrected chi connectivity index (χ3v) is 4.90. The summed E-state index contributed by atoms with van der Waals surface area (Å²) >= 11 is 0. The summed E-state index contributed by atoms with van der Waals surface area (Å²) in [5.74, 6) is 0. The maximum atomic E-state index is 12.3. The molecule has 0 saturated carbocycles. The van der Waals surface area contributed by atoms with Gasteiger partial charge in [-0.3, -0.25) is 0 Å². The summed E-state index contributed by atoms with van der Waals surface area (Å²) in [6.07, 6.45) is 4.65. The molecule has 0 aliphatic carbocycles. The lowest BCUT2D eigenvalue weighted by molar-refractivity contribution is 0.587. The van der Waals surface area contributed by atoms with Crippen LogP contribution in [0.15, 0.2) is 47.9 Å². The lowest BCUT2D eigenvalue weighted by Gasteiger charge is -2.12. The van der Waals surface area contributed by atoms with Gasteiger partial charge in [-0.05, 0) is 19.9 Å². The minimum atomic E-state index is -3.31. The average molecular weight is 262 g/mol. The van der Waals surface area contributed by atoms with E-state index >= 15 is 0 Å². The van der Waals surface area contributed by atoms with Crippen molar-refractivity contribution in [3.05, 3.63) is 43.0 Å². The molecule has 0 amide bonds. The van der Waals surface area contributed by atoms with Crippen molar-refractivity contribution < 1.29 is 8.42 Å². The summed E-state index contributed by atoms with van der Waals surface area (Å²) in [6.45, 7) is 3.35. The van der Waals surface area contributed by atoms with E-state index in [0.29, 0.717) is 16.0 Å². The smallest absolute Gasteiger partial charge is 0.181 e. The van der Waals surface area contributed by atoms with Crippen LogP contribution in [-0.2, 0) is 9.84 Å². The van der Waals surface area contributed by atoms with Crippen molar-refractivity contribution in [2.24, 2.45) is 0 Å². The molecule has 1 aromatic heterocycles. The van der Waals surface area contributed by atoms with Crippen LogP contribution in [0.1, 0.15) is 13.8 Å². The SMILES string of the molecule is CC(C)S(=O)(=O)c1ccccc1-c1cncnc1. The fourth-order valence-corrected chi connectivity index (χ4v) is 2.91. The van der Waals surface area contributed by atoms with Crippen molar-refractivity contribution in [1.29, 1.82) is 0 Å². The van der Waals surface area contributed by atoms with Gasteiger partial charge in [0.05, 0.1) is 10.1 Å². The molecule has 4 nitrogen and oxygen atoms in total. The molecule has 0 atom stereocenters. The van der Waals surface area contributed by atoms with Crippen LogP contribution in [-0.4, -0.2) is 23.6 Å². The molecule has 0 radical (unpaired) electrons. The normalized spacial score (nSPS) is 11.7. The van der Waals surface area contributed by atoms with Gasteiger partial charge in [0.15, 0.2) is 9.84 Å². The standard InChI is InChI=1S/C13H14N2O2S/c1-10(2)18(16,17)13-6-4-3-5-12(13)11-7-14-9-15-8-11/h3-10H,1-2H3. The summed E-state index contributed by atoms with van der Waals surface area (Å²) in [4.78, 5) is 8.17. The summed E-state index contributed by atoms with van der Waals surface area (Å²) in [5.41, 5.74) is 1.35. The molecule has 0 aliphatic heterocycles. The Morgan fingerprint density at radius 3 is 2.28 bits per heavy atom. The summed E-state index contributed by atoms with van der Waals surface area (Å²) in [7, 11) is -3.31. The predicted molar refractivity (Wildman–Crippen MR) is 69.8 cm³/mol. The Labute approximate surface area is 107 Å². The zero-order chi connectivity index (χ0) is 13.2. The van der Waals surface area contributed by atoms with Gasteiger partial charge in [0.1, 0.15) is 6.33 Å². The second-order valence-electron chi connectivity index (χ2n) is 4.22. The first kappa shape index (κ1) is 12.7. The van der Waals surface area contributed by atoms with Crippen molar-refractivity contribution in [1.82, 2.24) is 9.97 Å². The van der Waals surface area contributed by atoms with E-state index in [-0.39, 0.29) is 0 Å². The molecule has 0 aliphatic rings. The zero-order valence-corrected chi connectivity index (χ0v) is 11.1. The van der Waals surface area contributed by atoms with Gasteiger partial charge >= 0.3 is 0 Å². The molecule has 2 aromatic rings. The molecule has 2 rings (SSSR count). The number of aromatic nitrogens is 2. The number of nitrogens with zero attached hydrogens (tertiary/aromatic N) is 2. The van der Waals surface area contributed by atoms with E-state index in [2.05, 4.69) is 9.97 Å². The Morgan fingerprint density at radius 2 is 1.67 bits per heavy atom. The van der Waals surface area contributed by atoms with Gasteiger partial charge in [-0.15, -0.1) is 0 Å². The van der Waals surface area contributed by atoms with Gasteiger partial charge < -0.3 is 0 Å². The molecule has 18 heavy (non-hydrogen) atoms. The van der Waals surface area contributed by atoms with Gasteiger partial charge in [0.25, 0.3) is 0 Å². The monoisotopic (exact) mass is 262 g/mol. The Hall–Kier alpha value is -1.75. The molecule has 0 bridgehead atoms. The van der Waals surface area contributed by atoms with E-state index in [1.54, 1.807) is 44.4 Å². The molecule has 0 fully saturated rings. The topological polar surface area (TPSA) is 59.9 Å². The fraction of sp³-hybridized carbons (Fsp3) is 0.231. The maximum absolute atomic E-state index is 12.3. The number of benzene rings is 1. The number of rotatable bonds is 3. The Morgan fingerprint density at radius 1 is 1.06 bits per heavy atom. The van der Waals surface area contributed by atoms with Gasteiger partial charge in [0.2, 0.25) is 0 Å². The molecule has 0 saturated heterocycles. The average Bonchev–Trinajstić information content (AvgIpc) is 2.39. The first-order chi connectivity index (χ1) is 8.53. The van der Waals surface area contributed by atoms with Crippen LogP contribution in [0.3, 0.4) is 0 Å². The van der Waals surface area contributed by atoms with Crippen LogP contribution >= 0.6 is 0 Å². The van der Waals surface area contributed by atoms with Crippen molar-refractivity contribution in [3.8, 4) is 11.1 Å². The Kier molecular flexibility index (Phi) is 3.43. The summed E-state index contributed by atoms with van der Waals surface area (Å²) in [6, 6.07) is 6.93. The van der Waals surface area contributed by atoms with Gasteiger partial charge in [-0.2, -0.15) is 0 Å². The third kappa shape index (κ3) is 2.26. The Balaban J connectivity index is 2.65. The second kappa shape index (κ2) is 4.86. The fourth-order valence-electron chi connectivity index (χ4n) is 1.65. The van der Waals surface area contributed by atoms with Crippen LogP contribution in [0, 0.1) is 0 Å². The summed E-state index contributed by atoms with van der Waals surface area (Å²) < 4.78 is 24.6. The van der Waals surface area contributed by atoms with Crippen LogP contribution < -0.4 is 0 Å². The molecular weight excluding hydrogens is 248 g/mol. The molecule has 1 aromatic carbocycles. The van der Waals surface area contributed by atoms with Gasteiger partial charge in [-0.1, -0.05) is 18.2 Å². The van der Waals surface area contributed by atoms with E-state index in [4.69, 9.17) is 0 Å². The third-order valence-electron chi connectivity index (χ3n) is 2.69. The van der Waals surface area contributed by atoms with Crippen LogP contribution in [0.4, 0.5) is 0 Å². The van der Waals surface area contributed by atoms with E-state index in [9.17, 15) is 8.42 Å². The van der Waals surface area contributed by atoms with Gasteiger partial charge in [-0.25, -0.2) is 18.4 Å². The minimum absolute atomic E-state index is 0.329. The highest BCUT2D eigenvalue weighted by Gasteiger charge is 2.22. The van der Waals surface area contributed by atoms with Crippen molar-refractivity contribution in [2.75, 3.05) is 0 Å². The molecule has 0 unspecified atom stereocenters. The van der Waals surface area contributed by atoms with Crippen molar-refractivity contribution in [3.63, 3.8) is 0 Å². The van der Waals surface area contributed by atoms with E-state index in [0.717, 1.165) is 0 Å². The number of hydrogen-bond donors (Lipinski definition) is 0. The quantitative estimate of drug-likeness (QED) is 0.851. The Bertz CT molecular complexity index is 637. The highest BCUT2D eigenvalue weighted by Crippen LogP contribution is 2.28. The van der Waals surface area contributed by atoms with Crippen LogP contribution in [0.5, 0.6) is 0 Å². The largest absolute Gasteiger partial charge is 0.244 e. The lowest BCUT2D eigenvalue weighted by atomic mass is 10.1. The zero-order valence-electron chi connectivity index (χ0n) is 10.2. The summed E-state index contributed by atoms with van der Waals surface area (Å²) in [5, 5.41) is -0.455. The first-order valence-corrected chi connectivity index (χ1v) is 7.16. The lowest BCUT2D eigenvalue weighted by Crippen LogP contribution is -2.15. The molecule has 94 valence electrons. The van der Waals surface area contributed by atoms with Gasteiger partial charge in [0, 0.05) is 23.5 Å². The predicted octanol–water partition coefficient (Wildman–Crippen LogP) is 2.33. The maximum Gasteiger partial charge on any atom is 0.181 e. The molecule has 1 heterocycles. The van der Waals surface area contributed by atoms with Crippen LogP contribution in [0.2, 0.25) is 0 Å². The highest BCUT2D eigenvalue weighted by atomic mass is 32.2. The highest BCUT2D eigenvalue weighted by molar-refractivity contribution is 7.92. The van der Waals surface area contributed by atoms with E-state index < -0.39 is 15.1 Å². The second-order valence-corrected chi connectivity index (χ2v) is 6.69. The number of hydrogen-bond acceptors (Lipinski definition) is 4. The molecular formula is C13H14N2O2S. The first-order valence-electron chi connectivity index (χ1n) is 5.62. The van der Waals surface area contributed by atoms with Crippen LogP contribution in [0.25, 0.3) is 11.1 Å². The molecule has 5 heteroatoms. The molecule has 0 spiro atoms. The van der Waals surface area contributed by atoms with E-state index in [1.807, 2.05) is 6.07 Å². The van der Waals surface area contributed by atoms with E-state index in [1.165, 1.54) is 6.33 Å².